The van der Waals surface area contributed by atoms with Gasteiger partial charge in [-0.15, -0.1) is 0 Å². The summed E-state index contributed by atoms with van der Waals surface area (Å²) in [6.45, 7) is 2.62. The molecule has 16 heavy (non-hydrogen) atoms. The third-order valence-electron chi connectivity index (χ3n) is 2.25. The van der Waals surface area contributed by atoms with E-state index in [1.165, 1.54) is 5.56 Å². The molecular formula is C13H17IO2. The summed E-state index contributed by atoms with van der Waals surface area (Å²) in [5, 5.41) is 0. The van der Waals surface area contributed by atoms with Crippen LogP contribution in [-0.4, -0.2) is 17.0 Å². The number of benzene rings is 1. The Balaban J connectivity index is 2.20. The summed E-state index contributed by atoms with van der Waals surface area (Å²) in [4.78, 5) is 11.4. The van der Waals surface area contributed by atoms with Crippen molar-refractivity contribution >= 4 is 28.6 Å². The molecule has 0 amide bonds. The van der Waals surface area contributed by atoms with Crippen LogP contribution in [0.4, 0.5) is 0 Å². The fourth-order valence-corrected chi connectivity index (χ4v) is 1.50. The van der Waals surface area contributed by atoms with E-state index in [4.69, 9.17) is 4.74 Å². The second-order valence-electron chi connectivity index (χ2n) is 3.93. The molecule has 88 valence electrons. The number of ether oxygens (including phenoxy) is 1. The van der Waals surface area contributed by atoms with Crippen molar-refractivity contribution in [2.24, 2.45) is 5.92 Å². The molecule has 0 spiro atoms. The van der Waals surface area contributed by atoms with Gasteiger partial charge in [0.25, 0.3) is 0 Å². The highest BCUT2D eigenvalue weighted by Gasteiger charge is 2.06. The van der Waals surface area contributed by atoms with Crippen LogP contribution in [0, 0.1) is 5.92 Å². The van der Waals surface area contributed by atoms with Crippen molar-refractivity contribution in [3.8, 4) is 0 Å². The molecule has 0 radical (unpaired) electrons. The van der Waals surface area contributed by atoms with Gasteiger partial charge in [-0.2, -0.15) is 0 Å². The van der Waals surface area contributed by atoms with Gasteiger partial charge in [-0.25, -0.2) is 0 Å². The van der Waals surface area contributed by atoms with Crippen LogP contribution in [0.25, 0.3) is 0 Å². The maximum Gasteiger partial charge on any atom is 0.306 e. The highest BCUT2D eigenvalue weighted by Crippen LogP contribution is 2.05. The molecular weight excluding hydrogens is 315 g/mol. The molecule has 3 heteroatoms. The number of esters is 1. The predicted molar refractivity (Wildman–Crippen MR) is 73.8 cm³/mol. The van der Waals surface area contributed by atoms with Crippen molar-refractivity contribution in [2.45, 2.75) is 19.8 Å². The van der Waals surface area contributed by atoms with Gasteiger partial charge >= 0.3 is 5.97 Å². The van der Waals surface area contributed by atoms with Gasteiger partial charge in [0.15, 0.2) is 0 Å². The van der Waals surface area contributed by atoms with Crippen LogP contribution in [0.5, 0.6) is 0 Å². The average molecular weight is 332 g/mol. The SMILES string of the molecule is C[C@H](CI)COC(=O)CCc1ccccc1. The number of hydrogen-bond donors (Lipinski definition) is 0. The van der Waals surface area contributed by atoms with Crippen molar-refractivity contribution in [3.05, 3.63) is 35.9 Å². The van der Waals surface area contributed by atoms with E-state index in [-0.39, 0.29) is 5.97 Å². The van der Waals surface area contributed by atoms with Gasteiger partial charge in [0.05, 0.1) is 6.61 Å². The number of carbonyl (C=O) groups excluding carboxylic acids is 1. The Morgan fingerprint density at radius 1 is 1.38 bits per heavy atom. The van der Waals surface area contributed by atoms with E-state index < -0.39 is 0 Å². The van der Waals surface area contributed by atoms with E-state index in [1.54, 1.807) is 0 Å². The molecule has 0 saturated carbocycles. The zero-order valence-corrected chi connectivity index (χ0v) is 11.6. The third-order valence-corrected chi connectivity index (χ3v) is 3.76. The minimum Gasteiger partial charge on any atom is -0.465 e. The first kappa shape index (κ1) is 13.5. The first-order valence-electron chi connectivity index (χ1n) is 5.48. The summed E-state index contributed by atoms with van der Waals surface area (Å²) < 4.78 is 6.19. The molecule has 0 fully saturated rings. The van der Waals surface area contributed by atoms with E-state index in [0.717, 1.165) is 10.8 Å². The van der Waals surface area contributed by atoms with E-state index in [2.05, 4.69) is 29.5 Å². The molecule has 1 atom stereocenters. The van der Waals surface area contributed by atoms with Crippen LogP contribution in [-0.2, 0) is 16.0 Å². The van der Waals surface area contributed by atoms with Gasteiger partial charge in [-0.1, -0.05) is 59.8 Å². The van der Waals surface area contributed by atoms with Crippen molar-refractivity contribution < 1.29 is 9.53 Å². The second kappa shape index (κ2) is 7.65. The summed E-state index contributed by atoms with van der Waals surface area (Å²) in [7, 11) is 0. The van der Waals surface area contributed by atoms with Crippen molar-refractivity contribution in [1.82, 2.24) is 0 Å². The molecule has 0 saturated heterocycles. The normalized spacial score (nSPS) is 12.1. The number of hydrogen-bond acceptors (Lipinski definition) is 2. The van der Waals surface area contributed by atoms with E-state index >= 15 is 0 Å². The maximum absolute atomic E-state index is 11.4. The molecule has 1 aromatic rings. The van der Waals surface area contributed by atoms with Crippen molar-refractivity contribution in [2.75, 3.05) is 11.0 Å². The second-order valence-corrected chi connectivity index (χ2v) is 4.81. The van der Waals surface area contributed by atoms with Crippen molar-refractivity contribution in [1.29, 1.82) is 0 Å². The average Bonchev–Trinajstić information content (AvgIpc) is 2.34. The monoisotopic (exact) mass is 332 g/mol. The molecule has 0 bridgehead atoms. The third kappa shape index (κ3) is 5.49. The topological polar surface area (TPSA) is 26.3 Å². The Labute approximate surface area is 111 Å². The zero-order valence-electron chi connectivity index (χ0n) is 9.49. The number of aryl methyl sites for hydroxylation is 1. The molecule has 2 nitrogen and oxygen atoms in total. The zero-order chi connectivity index (χ0) is 11.8. The van der Waals surface area contributed by atoms with E-state index in [1.807, 2.05) is 30.3 Å². The molecule has 0 aromatic heterocycles. The molecule has 1 aromatic carbocycles. The minimum atomic E-state index is -0.0967. The smallest absolute Gasteiger partial charge is 0.306 e. The number of alkyl halides is 1. The minimum absolute atomic E-state index is 0.0967. The van der Waals surface area contributed by atoms with Crippen LogP contribution < -0.4 is 0 Å². The Morgan fingerprint density at radius 3 is 2.69 bits per heavy atom. The molecule has 0 N–H and O–H groups in total. The lowest BCUT2D eigenvalue weighted by Crippen LogP contribution is -2.13. The van der Waals surface area contributed by atoms with Gasteiger partial charge in [0.2, 0.25) is 0 Å². The molecule has 0 heterocycles. The van der Waals surface area contributed by atoms with Crippen LogP contribution in [0.1, 0.15) is 18.9 Å². The number of carbonyl (C=O) groups is 1. The Morgan fingerprint density at radius 2 is 2.06 bits per heavy atom. The maximum atomic E-state index is 11.4. The first-order valence-corrected chi connectivity index (χ1v) is 7.00. The van der Waals surface area contributed by atoms with Crippen LogP contribution in [0.2, 0.25) is 0 Å². The Kier molecular flexibility index (Phi) is 6.45. The van der Waals surface area contributed by atoms with Gasteiger partial charge in [-0.3, -0.25) is 4.79 Å². The predicted octanol–water partition coefficient (Wildman–Crippen LogP) is 3.23. The fourth-order valence-electron chi connectivity index (χ4n) is 1.24. The Hall–Kier alpha value is -0.580. The highest BCUT2D eigenvalue weighted by atomic mass is 127. The van der Waals surface area contributed by atoms with Gasteiger partial charge < -0.3 is 4.74 Å². The molecule has 0 aliphatic rings. The molecule has 0 unspecified atom stereocenters. The Bertz CT molecular complexity index is 311. The summed E-state index contributed by atoms with van der Waals surface area (Å²) in [6, 6.07) is 10.0. The van der Waals surface area contributed by atoms with Gasteiger partial charge in [0, 0.05) is 10.8 Å². The highest BCUT2D eigenvalue weighted by molar-refractivity contribution is 14.1. The summed E-state index contributed by atoms with van der Waals surface area (Å²) >= 11 is 2.30. The quantitative estimate of drug-likeness (QED) is 0.454. The fraction of sp³-hybridized carbons (Fsp3) is 0.462. The summed E-state index contributed by atoms with van der Waals surface area (Å²) in [5.74, 6) is 0.349. The number of halogens is 1. The largest absolute Gasteiger partial charge is 0.465 e. The standard InChI is InChI=1S/C13H17IO2/c1-11(9-14)10-16-13(15)8-7-12-5-3-2-4-6-12/h2-6,11H,7-10H2,1H3/t11-/m1/s1. The summed E-state index contributed by atoms with van der Waals surface area (Å²) in [5.41, 5.74) is 1.18. The number of rotatable bonds is 6. The van der Waals surface area contributed by atoms with Crippen LogP contribution in [0.15, 0.2) is 30.3 Å². The molecule has 0 aliphatic heterocycles. The van der Waals surface area contributed by atoms with Gasteiger partial charge in [0.1, 0.15) is 0 Å². The first-order chi connectivity index (χ1) is 7.72. The lowest BCUT2D eigenvalue weighted by atomic mass is 10.1. The lowest BCUT2D eigenvalue weighted by molar-refractivity contribution is -0.144. The van der Waals surface area contributed by atoms with Crippen molar-refractivity contribution in [3.63, 3.8) is 0 Å². The van der Waals surface area contributed by atoms with E-state index in [0.29, 0.717) is 18.9 Å². The molecule has 1 rings (SSSR count). The van der Waals surface area contributed by atoms with Crippen LogP contribution >= 0.6 is 22.6 Å². The van der Waals surface area contributed by atoms with Crippen LogP contribution in [0.3, 0.4) is 0 Å². The van der Waals surface area contributed by atoms with E-state index in [9.17, 15) is 4.79 Å². The van der Waals surface area contributed by atoms with Gasteiger partial charge in [-0.05, 0) is 17.9 Å². The molecule has 0 aliphatic carbocycles. The summed E-state index contributed by atoms with van der Waals surface area (Å²) in [6.07, 6.45) is 1.23. The lowest BCUT2D eigenvalue weighted by Gasteiger charge is -2.08.